The third kappa shape index (κ3) is 1.70. The van der Waals surface area contributed by atoms with Crippen molar-refractivity contribution < 1.29 is 0 Å². The van der Waals surface area contributed by atoms with E-state index in [-0.39, 0.29) is 0 Å². The smallest absolute Gasteiger partial charge is 0.227 e. The Morgan fingerprint density at radius 3 is 2.75 bits per heavy atom. The Morgan fingerprint density at radius 1 is 1.58 bits per heavy atom. The van der Waals surface area contributed by atoms with E-state index in [9.17, 15) is 0 Å². The molecule has 66 valence electrons. The van der Waals surface area contributed by atoms with Crippen molar-refractivity contribution in [1.82, 2.24) is 14.6 Å². The molecule has 1 aromatic heterocycles. The second kappa shape index (κ2) is 3.48. The van der Waals surface area contributed by atoms with Gasteiger partial charge in [0.15, 0.2) is 0 Å². The first kappa shape index (κ1) is 8.92. The summed E-state index contributed by atoms with van der Waals surface area (Å²) in [5, 5.41) is 2.96. The SMILES string of the molecule is CCNc1nc(C)n(N)c(=S)n1. The average Bonchev–Trinajstić information content (AvgIpc) is 2.01. The Bertz CT molecular complexity index is 331. The zero-order chi connectivity index (χ0) is 9.14. The number of nitrogens with one attached hydrogen (secondary N) is 1. The molecule has 5 nitrogen and oxygen atoms in total. The molecule has 0 aliphatic carbocycles. The zero-order valence-electron chi connectivity index (χ0n) is 7.03. The number of nitrogens with two attached hydrogens (primary N) is 1. The molecular weight excluding hydrogens is 174 g/mol. The van der Waals surface area contributed by atoms with Gasteiger partial charge in [0.25, 0.3) is 0 Å². The molecule has 0 aromatic carbocycles. The van der Waals surface area contributed by atoms with Gasteiger partial charge in [0.05, 0.1) is 0 Å². The van der Waals surface area contributed by atoms with Gasteiger partial charge in [0, 0.05) is 6.54 Å². The Kier molecular flexibility index (Phi) is 2.59. The summed E-state index contributed by atoms with van der Waals surface area (Å²) in [6.45, 7) is 4.51. The van der Waals surface area contributed by atoms with Crippen molar-refractivity contribution in [2.75, 3.05) is 17.7 Å². The number of aryl methyl sites for hydroxylation is 1. The number of hydrogen-bond acceptors (Lipinski definition) is 5. The van der Waals surface area contributed by atoms with Crippen molar-refractivity contribution in [3.63, 3.8) is 0 Å². The number of nitrogens with zero attached hydrogens (tertiary/aromatic N) is 3. The third-order valence-corrected chi connectivity index (χ3v) is 1.65. The van der Waals surface area contributed by atoms with E-state index in [1.807, 2.05) is 6.92 Å². The number of nitrogen functional groups attached to an aromatic ring is 1. The van der Waals surface area contributed by atoms with Crippen LogP contribution >= 0.6 is 12.2 Å². The molecule has 0 bridgehead atoms. The van der Waals surface area contributed by atoms with E-state index in [0.717, 1.165) is 6.54 Å². The fraction of sp³-hybridized carbons (Fsp3) is 0.500. The standard InChI is InChI=1S/C6H11N5S/c1-3-8-5-9-4(2)11(7)6(12)10-5/h3,7H2,1-2H3,(H,8,10,12). The van der Waals surface area contributed by atoms with Gasteiger partial charge in [-0.05, 0) is 26.1 Å². The van der Waals surface area contributed by atoms with E-state index in [1.54, 1.807) is 6.92 Å². The van der Waals surface area contributed by atoms with Gasteiger partial charge in [-0.1, -0.05) is 0 Å². The van der Waals surface area contributed by atoms with Crippen molar-refractivity contribution in [3.8, 4) is 0 Å². The highest BCUT2D eigenvalue weighted by Gasteiger charge is 1.98. The lowest BCUT2D eigenvalue weighted by atomic mass is 10.6. The Hall–Kier alpha value is -1.17. The fourth-order valence-corrected chi connectivity index (χ4v) is 0.971. The molecule has 0 saturated heterocycles. The Balaban J connectivity index is 3.13. The lowest BCUT2D eigenvalue weighted by molar-refractivity contribution is 0.803. The first-order valence-electron chi connectivity index (χ1n) is 3.61. The van der Waals surface area contributed by atoms with Crippen LogP contribution in [0, 0.1) is 11.7 Å². The highest BCUT2D eigenvalue weighted by Crippen LogP contribution is 1.98. The van der Waals surface area contributed by atoms with E-state index in [4.69, 9.17) is 18.1 Å². The number of aromatic nitrogens is 3. The predicted molar refractivity (Wildman–Crippen MR) is 49.9 cm³/mol. The molecule has 0 unspecified atom stereocenters. The molecule has 3 N–H and O–H groups in total. The monoisotopic (exact) mass is 185 g/mol. The normalized spacial score (nSPS) is 9.83. The van der Waals surface area contributed by atoms with Crippen molar-refractivity contribution in [2.45, 2.75) is 13.8 Å². The van der Waals surface area contributed by atoms with Gasteiger partial charge in [-0.15, -0.1) is 0 Å². The predicted octanol–water partition coefficient (Wildman–Crippen LogP) is 0.462. The van der Waals surface area contributed by atoms with Crippen molar-refractivity contribution in [3.05, 3.63) is 10.6 Å². The summed E-state index contributed by atoms with van der Waals surface area (Å²) < 4.78 is 1.61. The summed E-state index contributed by atoms with van der Waals surface area (Å²) in [7, 11) is 0. The van der Waals surface area contributed by atoms with Crippen LogP contribution in [0.4, 0.5) is 5.95 Å². The molecule has 1 heterocycles. The minimum absolute atomic E-state index is 0.332. The molecule has 0 fully saturated rings. The molecule has 0 atom stereocenters. The fourth-order valence-electron chi connectivity index (χ4n) is 0.752. The number of rotatable bonds is 2. The van der Waals surface area contributed by atoms with Crippen molar-refractivity contribution in [1.29, 1.82) is 0 Å². The summed E-state index contributed by atoms with van der Waals surface area (Å²) >= 11 is 4.89. The largest absolute Gasteiger partial charge is 0.354 e. The van der Waals surface area contributed by atoms with E-state index in [1.165, 1.54) is 4.68 Å². The summed E-state index contributed by atoms with van der Waals surface area (Å²) in [6.07, 6.45) is 0. The van der Waals surface area contributed by atoms with Crippen molar-refractivity contribution in [2.24, 2.45) is 0 Å². The lowest BCUT2D eigenvalue weighted by Crippen LogP contribution is -2.18. The highest BCUT2D eigenvalue weighted by atomic mass is 32.1. The van der Waals surface area contributed by atoms with Crippen LogP contribution in [0.2, 0.25) is 0 Å². The summed E-state index contributed by atoms with van der Waals surface area (Å²) in [5.74, 6) is 6.68. The van der Waals surface area contributed by atoms with Crippen LogP contribution in [-0.4, -0.2) is 21.2 Å². The minimum atomic E-state index is 0.332. The molecule has 0 saturated carbocycles. The second-order valence-electron chi connectivity index (χ2n) is 2.28. The zero-order valence-corrected chi connectivity index (χ0v) is 7.85. The topological polar surface area (TPSA) is 68.8 Å². The molecule has 6 heteroatoms. The van der Waals surface area contributed by atoms with E-state index in [2.05, 4.69) is 15.3 Å². The lowest BCUT2D eigenvalue weighted by Gasteiger charge is -2.05. The van der Waals surface area contributed by atoms with Crippen LogP contribution in [0.3, 0.4) is 0 Å². The van der Waals surface area contributed by atoms with Crippen LogP contribution in [0.1, 0.15) is 12.7 Å². The maximum absolute atomic E-state index is 5.51. The van der Waals surface area contributed by atoms with E-state index < -0.39 is 0 Å². The van der Waals surface area contributed by atoms with E-state index >= 15 is 0 Å². The van der Waals surface area contributed by atoms with Crippen LogP contribution in [-0.2, 0) is 0 Å². The molecule has 0 aliphatic rings. The van der Waals surface area contributed by atoms with Gasteiger partial charge in [-0.3, -0.25) is 0 Å². The molecule has 1 rings (SSSR count). The van der Waals surface area contributed by atoms with Gasteiger partial charge in [0.2, 0.25) is 10.7 Å². The molecular formula is C6H11N5S. The molecule has 0 spiro atoms. The van der Waals surface area contributed by atoms with Gasteiger partial charge in [-0.25, -0.2) is 4.68 Å². The molecule has 0 amide bonds. The van der Waals surface area contributed by atoms with Crippen LogP contribution < -0.4 is 11.2 Å². The molecule has 12 heavy (non-hydrogen) atoms. The highest BCUT2D eigenvalue weighted by molar-refractivity contribution is 7.71. The molecule has 0 radical (unpaired) electrons. The minimum Gasteiger partial charge on any atom is -0.354 e. The molecule has 0 aliphatic heterocycles. The van der Waals surface area contributed by atoms with E-state index in [0.29, 0.717) is 16.5 Å². The van der Waals surface area contributed by atoms with Gasteiger partial charge in [0.1, 0.15) is 5.82 Å². The Labute approximate surface area is 75.6 Å². The maximum atomic E-state index is 5.51. The van der Waals surface area contributed by atoms with Crippen LogP contribution in [0.25, 0.3) is 0 Å². The molecule has 1 aromatic rings. The maximum Gasteiger partial charge on any atom is 0.227 e. The van der Waals surface area contributed by atoms with Crippen LogP contribution in [0.5, 0.6) is 0 Å². The van der Waals surface area contributed by atoms with Crippen LogP contribution in [0.15, 0.2) is 0 Å². The second-order valence-corrected chi connectivity index (χ2v) is 2.64. The third-order valence-electron chi connectivity index (χ3n) is 1.36. The summed E-state index contributed by atoms with van der Waals surface area (Å²) in [6, 6.07) is 0. The quantitative estimate of drug-likeness (QED) is 0.517. The first-order valence-corrected chi connectivity index (χ1v) is 4.02. The van der Waals surface area contributed by atoms with Gasteiger partial charge in [-0.2, -0.15) is 9.97 Å². The number of anilines is 1. The van der Waals surface area contributed by atoms with Crippen molar-refractivity contribution >= 4 is 18.2 Å². The summed E-state index contributed by atoms with van der Waals surface area (Å²) in [4.78, 5) is 8.03. The van der Waals surface area contributed by atoms with Gasteiger partial charge < -0.3 is 11.2 Å². The summed E-state index contributed by atoms with van der Waals surface area (Å²) in [5.41, 5.74) is 0. The number of hydrogen-bond donors (Lipinski definition) is 2. The first-order chi connectivity index (χ1) is 5.65. The Morgan fingerprint density at radius 2 is 2.25 bits per heavy atom. The average molecular weight is 185 g/mol. The van der Waals surface area contributed by atoms with Gasteiger partial charge >= 0.3 is 0 Å².